The van der Waals surface area contributed by atoms with E-state index in [-0.39, 0.29) is 6.04 Å². The highest BCUT2D eigenvalue weighted by atomic mass is 35.5. The van der Waals surface area contributed by atoms with Crippen molar-refractivity contribution in [1.82, 2.24) is 14.8 Å². The van der Waals surface area contributed by atoms with Crippen molar-refractivity contribution in [3.05, 3.63) is 99.8 Å². The fourth-order valence-electron chi connectivity index (χ4n) is 4.89. The predicted molar refractivity (Wildman–Crippen MR) is 134 cm³/mol. The van der Waals surface area contributed by atoms with Crippen LogP contribution in [0.1, 0.15) is 34.4 Å². The van der Waals surface area contributed by atoms with E-state index in [0.717, 1.165) is 28.0 Å². The number of aromatic nitrogens is 3. The van der Waals surface area contributed by atoms with Crippen molar-refractivity contribution in [3.8, 4) is 17.2 Å². The Morgan fingerprint density at radius 1 is 1.03 bits per heavy atom. The normalized spacial score (nSPS) is 18.1. The maximum atomic E-state index is 6.70. The van der Waals surface area contributed by atoms with Gasteiger partial charge >= 0.3 is 0 Å². The Morgan fingerprint density at radius 2 is 1.86 bits per heavy atom. The van der Waals surface area contributed by atoms with Crippen LogP contribution in [0.3, 0.4) is 0 Å². The van der Waals surface area contributed by atoms with Crippen molar-refractivity contribution in [2.75, 3.05) is 19.5 Å². The second-order valence-corrected chi connectivity index (χ2v) is 8.95. The third-order valence-electron chi connectivity index (χ3n) is 6.48. The lowest BCUT2D eigenvalue weighted by molar-refractivity contribution is 0.216. The second-order valence-electron chi connectivity index (χ2n) is 8.52. The molecule has 1 N–H and O–H groups in total. The molecule has 0 radical (unpaired) electrons. The number of para-hydroxylation sites is 1. The van der Waals surface area contributed by atoms with Crippen LogP contribution in [0.5, 0.6) is 17.2 Å². The van der Waals surface area contributed by atoms with Crippen LogP contribution in [0.25, 0.3) is 5.70 Å². The molecule has 176 valence electrons. The number of benzene rings is 3. The van der Waals surface area contributed by atoms with E-state index < -0.39 is 6.10 Å². The van der Waals surface area contributed by atoms with Gasteiger partial charge in [-0.2, -0.15) is 10.1 Å². The van der Waals surface area contributed by atoms with E-state index in [1.807, 2.05) is 41.1 Å². The number of nitrogens with zero attached hydrogens (tertiary/aromatic N) is 3. The first-order valence-electron chi connectivity index (χ1n) is 11.2. The number of fused-ring (bicyclic) bond motifs is 3. The number of ether oxygens (including phenoxy) is 3. The summed E-state index contributed by atoms with van der Waals surface area (Å²) in [4.78, 5) is 4.48. The van der Waals surface area contributed by atoms with Crippen LogP contribution >= 0.6 is 11.6 Å². The molecule has 0 saturated carbocycles. The molecule has 8 heteroatoms. The molecule has 35 heavy (non-hydrogen) atoms. The summed E-state index contributed by atoms with van der Waals surface area (Å²) >= 11 is 6.42. The van der Waals surface area contributed by atoms with Gasteiger partial charge in [-0.05, 0) is 36.8 Å². The summed E-state index contributed by atoms with van der Waals surface area (Å²) in [5.41, 5.74) is 5.85. The lowest BCUT2D eigenvalue weighted by Crippen LogP contribution is -2.32. The Balaban J connectivity index is 1.65. The summed E-state index contributed by atoms with van der Waals surface area (Å²) in [6.07, 6.45) is 1.07. The number of aryl methyl sites for hydroxylation is 1. The smallest absolute Gasteiger partial charge is 0.226 e. The quantitative estimate of drug-likeness (QED) is 0.392. The molecule has 0 fully saturated rings. The minimum Gasteiger partial charge on any atom is -0.493 e. The van der Waals surface area contributed by atoms with Crippen molar-refractivity contribution < 1.29 is 14.2 Å². The molecule has 7 nitrogen and oxygen atoms in total. The molecule has 1 aromatic heterocycles. The summed E-state index contributed by atoms with van der Waals surface area (Å²) in [6, 6.07) is 19.6. The molecule has 0 amide bonds. The Bertz CT molecular complexity index is 1460. The SMILES string of the molecule is COc1cccc([C@H]2Oc3ccc(Cl)cc3C3=C2[C@@H](c2ccc(C)cc2)n2ncnc2N3)c1OC. The molecular formula is C27H23ClN4O3. The first kappa shape index (κ1) is 21.6. The number of anilines is 1. The van der Waals surface area contributed by atoms with E-state index in [1.54, 1.807) is 20.5 Å². The molecular weight excluding hydrogens is 464 g/mol. The summed E-state index contributed by atoms with van der Waals surface area (Å²) in [5.74, 6) is 2.62. The maximum absolute atomic E-state index is 6.70. The fraction of sp³-hybridized carbons (Fsp3) is 0.185. The Hall–Kier alpha value is -3.97. The van der Waals surface area contributed by atoms with E-state index in [9.17, 15) is 0 Å². The van der Waals surface area contributed by atoms with Gasteiger partial charge in [0.05, 0.1) is 19.9 Å². The minimum atomic E-state index is -0.486. The average Bonchev–Trinajstić information content (AvgIpc) is 3.35. The summed E-state index contributed by atoms with van der Waals surface area (Å²) < 4.78 is 20.0. The van der Waals surface area contributed by atoms with Gasteiger partial charge in [-0.15, -0.1) is 0 Å². The van der Waals surface area contributed by atoms with E-state index in [4.69, 9.17) is 25.8 Å². The molecule has 0 saturated heterocycles. The highest BCUT2D eigenvalue weighted by molar-refractivity contribution is 6.30. The van der Waals surface area contributed by atoms with Crippen molar-refractivity contribution in [2.45, 2.75) is 19.1 Å². The number of rotatable bonds is 4. The van der Waals surface area contributed by atoms with E-state index in [2.05, 4.69) is 46.6 Å². The number of hydrogen-bond acceptors (Lipinski definition) is 6. The molecule has 2 aliphatic heterocycles. The largest absolute Gasteiger partial charge is 0.493 e. The zero-order valence-corrected chi connectivity index (χ0v) is 20.2. The van der Waals surface area contributed by atoms with Gasteiger partial charge in [0.25, 0.3) is 0 Å². The lowest BCUT2D eigenvalue weighted by atomic mass is 9.84. The molecule has 3 aromatic carbocycles. The van der Waals surface area contributed by atoms with Crippen LogP contribution in [0, 0.1) is 6.92 Å². The molecule has 0 spiro atoms. The van der Waals surface area contributed by atoms with Gasteiger partial charge in [0.15, 0.2) is 17.6 Å². The third kappa shape index (κ3) is 3.42. The lowest BCUT2D eigenvalue weighted by Gasteiger charge is -2.39. The Kier molecular flexibility index (Phi) is 5.15. The first-order chi connectivity index (χ1) is 17.1. The van der Waals surface area contributed by atoms with Gasteiger partial charge < -0.3 is 19.5 Å². The van der Waals surface area contributed by atoms with Gasteiger partial charge in [0.1, 0.15) is 18.1 Å². The van der Waals surface area contributed by atoms with Crippen molar-refractivity contribution in [2.24, 2.45) is 0 Å². The van der Waals surface area contributed by atoms with Gasteiger partial charge in [-0.25, -0.2) is 4.68 Å². The summed E-state index contributed by atoms with van der Waals surface area (Å²) in [7, 11) is 3.27. The third-order valence-corrected chi connectivity index (χ3v) is 6.72. The van der Waals surface area contributed by atoms with E-state index in [0.29, 0.717) is 28.2 Å². The topological polar surface area (TPSA) is 70.4 Å². The predicted octanol–water partition coefficient (Wildman–Crippen LogP) is 5.82. The van der Waals surface area contributed by atoms with E-state index in [1.165, 1.54) is 5.56 Å². The number of hydrogen-bond donors (Lipinski definition) is 1. The molecule has 2 aliphatic rings. The molecule has 0 bridgehead atoms. The van der Waals surface area contributed by atoms with Gasteiger partial charge in [-0.1, -0.05) is 53.6 Å². The number of nitrogens with one attached hydrogen (secondary N) is 1. The fourth-order valence-corrected chi connectivity index (χ4v) is 5.06. The van der Waals surface area contributed by atoms with Crippen LogP contribution in [0.2, 0.25) is 5.02 Å². The molecule has 0 unspecified atom stereocenters. The maximum Gasteiger partial charge on any atom is 0.226 e. The second kappa shape index (κ2) is 8.36. The number of halogens is 1. The minimum absolute atomic E-state index is 0.266. The monoisotopic (exact) mass is 486 g/mol. The van der Waals surface area contributed by atoms with Crippen LogP contribution in [0.4, 0.5) is 5.95 Å². The standard InChI is InChI=1S/C27H23ClN4O3/c1-15-7-9-16(10-8-15)24-22-23(31-27-29-14-30-32(24)27)19-13-17(28)11-12-20(19)35-26(22)18-5-4-6-21(33-2)25(18)34-3/h4-14,24,26H,1-3H3,(H,29,30,31)/t24-,26-/m1/s1. The Morgan fingerprint density at radius 3 is 2.63 bits per heavy atom. The average molecular weight is 487 g/mol. The molecule has 2 atom stereocenters. The molecule has 4 aromatic rings. The first-order valence-corrected chi connectivity index (χ1v) is 11.6. The Labute approximate surface area is 207 Å². The molecule has 6 rings (SSSR count). The van der Waals surface area contributed by atoms with Gasteiger partial charge in [0, 0.05) is 21.7 Å². The highest BCUT2D eigenvalue weighted by Crippen LogP contribution is 2.53. The van der Waals surface area contributed by atoms with Crippen LogP contribution in [-0.4, -0.2) is 29.0 Å². The zero-order valence-electron chi connectivity index (χ0n) is 19.4. The molecule has 3 heterocycles. The van der Waals surface area contributed by atoms with Crippen LogP contribution < -0.4 is 19.5 Å². The van der Waals surface area contributed by atoms with Crippen LogP contribution in [-0.2, 0) is 0 Å². The van der Waals surface area contributed by atoms with E-state index >= 15 is 0 Å². The van der Waals surface area contributed by atoms with Gasteiger partial charge in [-0.3, -0.25) is 0 Å². The van der Waals surface area contributed by atoms with Crippen LogP contribution in [0.15, 0.2) is 72.6 Å². The molecule has 0 aliphatic carbocycles. The van der Waals surface area contributed by atoms with Crippen molar-refractivity contribution in [1.29, 1.82) is 0 Å². The summed E-state index contributed by atoms with van der Waals surface area (Å²) in [6.45, 7) is 2.07. The summed E-state index contributed by atoms with van der Waals surface area (Å²) in [5, 5.41) is 8.70. The highest BCUT2D eigenvalue weighted by Gasteiger charge is 2.42. The van der Waals surface area contributed by atoms with Gasteiger partial charge in [0.2, 0.25) is 5.95 Å². The number of methoxy groups -OCH3 is 2. The van der Waals surface area contributed by atoms with Crippen molar-refractivity contribution >= 4 is 23.2 Å². The zero-order chi connectivity index (χ0) is 24.1. The van der Waals surface area contributed by atoms with Crippen molar-refractivity contribution in [3.63, 3.8) is 0 Å².